The summed E-state index contributed by atoms with van der Waals surface area (Å²) >= 11 is 0. The molecule has 33 heavy (non-hydrogen) atoms. The van der Waals surface area contributed by atoms with Crippen LogP contribution in [0.3, 0.4) is 0 Å². The standard InChI is InChI=1S/C30H43NO2/c1-31-23-25(20-24-12-5-3-6-13-24)21-30(32)28-17-11-16-27(22-28)29(18-9-10-19-33-2)26-14-7-4-8-15-26/h4,7-8,11,14-17,22,24-25,29,31H,3,5-6,9-10,12-13,18-21,23H2,1-2H3/t25-,29?/m1/s1. The van der Waals surface area contributed by atoms with Crippen LogP contribution < -0.4 is 5.32 Å². The van der Waals surface area contributed by atoms with Gasteiger partial charge >= 0.3 is 0 Å². The summed E-state index contributed by atoms with van der Waals surface area (Å²) in [4.78, 5) is 13.3. The third-order valence-corrected chi connectivity index (χ3v) is 7.26. The molecule has 0 heterocycles. The van der Waals surface area contributed by atoms with Gasteiger partial charge in [0.2, 0.25) is 0 Å². The second kappa shape index (κ2) is 14.3. The molecule has 0 radical (unpaired) electrons. The molecule has 2 atom stereocenters. The van der Waals surface area contributed by atoms with Crippen LogP contribution in [-0.2, 0) is 4.74 Å². The summed E-state index contributed by atoms with van der Waals surface area (Å²) in [5.41, 5.74) is 3.45. The van der Waals surface area contributed by atoms with Crippen LogP contribution in [0.15, 0.2) is 54.6 Å². The molecule has 1 aliphatic carbocycles. The van der Waals surface area contributed by atoms with Crippen LogP contribution in [0.4, 0.5) is 0 Å². The number of unbranched alkanes of at least 4 members (excludes halogenated alkanes) is 1. The molecule has 3 nitrogen and oxygen atoms in total. The predicted octanol–water partition coefficient (Wildman–Crippen LogP) is 7.01. The fourth-order valence-corrected chi connectivity index (χ4v) is 5.54. The highest BCUT2D eigenvalue weighted by Crippen LogP contribution is 2.32. The van der Waals surface area contributed by atoms with E-state index in [1.54, 1.807) is 7.11 Å². The van der Waals surface area contributed by atoms with E-state index in [1.165, 1.54) is 49.7 Å². The highest BCUT2D eigenvalue weighted by atomic mass is 16.5. The molecule has 0 aliphatic heterocycles. The summed E-state index contributed by atoms with van der Waals surface area (Å²) in [5.74, 6) is 1.82. The Bertz CT molecular complexity index is 813. The van der Waals surface area contributed by atoms with Gasteiger partial charge in [0, 0.05) is 31.6 Å². The van der Waals surface area contributed by atoms with E-state index < -0.39 is 0 Å². The SMILES string of the molecule is CNC[C@@H](CC(=O)c1cccc(C(CCCCOC)c2ccccc2)c1)CC1CCCCC1. The zero-order chi connectivity index (χ0) is 23.3. The van der Waals surface area contributed by atoms with Gasteiger partial charge in [-0.25, -0.2) is 0 Å². The van der Waals surface area contributed by atoms with Gasteiger partial charge in [-0.05, 0) is 61.9 Å². The van der Waals surface area contributed by atoms with Gasteiger partial charge in [0.05, 0.1) is 0 Å². The van der Waals surface area contributed by atoms with Crippen molar-refractivity contribution >= 4 is 5.78 Å². The average molecular weight is 450 g/mol. The van der Waals surface area contributed by atoms with Crippen molar-refractivity contribution < 1.29 is 9.53 Å². The number of benzene rings is 2. The number of nitrogens with one attached hydrogen (secondary N) is 1. The lowest BCUT2D eigenvalue weighted by molar-refractivity contribution is 0.0951. The highest BCUT2D eigenvalue weighted by molar-refractivity contribution is 5.96. The third-order valence-electron chi connectivity index (χ3n) is 7.26. The van der Waals surface area contributed by atoms with Gasteiger partial charge in [-0.3, -0.25) is 4.79 Å². The highest BCUT2D eigenvalue weighted by Gasteiger charge is 2.22. The monoisotopic (exact) mass is 449 g/mol. The van der Waals surface area contributed by atoms with Crippen molar-refractivity contribution in [2.24, 2.45) is 11.8 Å². The van der Waals surface area contributed by atoms with Gasteiger partial charge in [0.1, 0.15) is 0 Å². The summed E-state index contributed by atoms with van der Waals surface area (Å²) in [7, 11) is 3.77. The first-order chi connectivity index (χ1) is 16.2. The number of carbonyl (C=O) groups excluding carboxylic acids is 1. The van der Waals surface area contributed by atoms with Gasteiger partial charge in [0.15, 0.2) is 5.78 Å². The number of methoxy groups -OCH3 is 1. The van der Waals surface area contributed by atoms with Crippen LogP contribution in [0, 0.1) is 11.8 Å². The van der Waals surface area contributed by atoms with E-state index in [9.17, 15) is 4.79 Å². The van der Waals surface area contributed by atoms with E-state index >= 15 is 0 Å². The summed E-state index contributed by atoms with van der Waals surface area (Å²) in [6.07, 6.45) is 11.8. The van der Waals surface area contributed by atoms with E-state index in [2.05, 4.69) is 53.8 Å². The number of hydrogen-bond donors (Lipinski definition) is 1. The number of ether oxygens (including phenoxy) is 1. The molecule has 2 aromatic carbocycles. The zero-order valence-corrected chi connectivity index (χ0v) is 20.7. The molecule has 0 amide bonds. The smallest absolute Gasteiger partial charge is 0.163 e. The lowest BCUT2D eigenvalue weighted by atomic mass is 9.80. The lowest BCUT2D eigenvalue weighted by Crippen LogP contribution is -2.25. The zero-order valence-electron chi connectivity index (χ0n) is 20.7. The molecular formula is C30H43NO2. The Morgan fingerprint density at radius 3 is 2.48 bits per heavy atom. The minimum Gasteiger partial charge on any atom is -0.385 e. The van der Waals surface area contributed by atoms with E-state index in [0.717, 1.165) is 43.9 Å². The normalized spacial score (nSPS) is 16.4. The molecule has 1 aliphatic rings. The van der Waals surface area contributed by atoms with Crippen LogP contribution in [0.1, 0.15) is 91.6 Å². The number of rotatable bonds is 14. The fourth-order valence-electron chi connectivity index (χ4n) is 5.54. The minimum absolute atomic E-state index is 0.291. The van der Waals surface area contributed by atoms with Gasteiger partial charge in [-0.15, -0.1) is 0 Å². The Morgan fingerprint density at radius 1 is 1.00 bits per heavy atom. The van der Waals surface area contributed by atoms with Crippen molar-refractivity contribution in [1.29, 1.82) is 0 Å². The fraction of sp³-hybridized carbons (Fsp3) is 0.567. The maximum absolute atomic E-state index is 13.3. The molecule has 1 saturated carbocycles. The molecule has 1 fully saturated rings. The molecule has 1 N–H and O–H groups in total. The number of carbonyl (C=O) groups is 1. The average Bonchev–Trinajstić information content (AvgIpc) is 2.85. The van der Waals surface area contributed by atoms with E-state index in [1.807, 2.05) is 13.1 Å². The van der Waals surface area contributed by atoms with Gasteiger partial charge in [0.25, 0.3) is 0 Å². The maximum Gasteiger partial charge on any atom is 0.163 e. The third kappa shape index (κ3) is 8.39. The van der Waals surface area contributed by atoms with Crippen LogP contribution in [0.25, 0.3) is 0 Å². The first-order valence-electron chi connectivity index (χ1n) is 13.0. The summed E-state index contributed by atoms with van der Waals surface area (Å²) in [6, 6.07) is 19.1. The van der Waals surface area contributed by atoms with Gasteiger partial charge in [-0.2, -0.15) is 0 Å². The van der Waals surface area contributed by atoms with E-state index in [-0.39, 0.29) is 0 Å². The first kappa shape index (κ1) is 25.6. The van der Waals surface area contributed by atoms with Crippen LogP contribution in [-0.4, -0.2) is 33.1 Å². The van der Waals surface area contributed by atoms with E-state index in [4.69, 9.17) is 4.74 Å². The Hall–Kier alpha value is -1.97. The van der Waals surface area contributed by atoms with E-state index in [0.29, 0.717) is 24.0 Å². The van der Waals surface area contributed by atoms with Crippen molar-refractivity contribution in [3.63, 3.8) is 0 Å². The molecule has 1 unspecified atom stereocenters. The Kier molecular flexibility index (Phi) is 11.1. The minimum atomic E-state index is 0.291. The maximum atomic E-state index is 13.3. The van der Waals surface area contributed by atoms with Gasteiger partial charge in [-0.1, -0.05) is 87.1 Å². The Labute approximate surface area is 201 Å². The lowest BCUT2D eigenvalue weighted by Gasteiger charge is -2.26. The number of Topliss-reactive ketones (excluding diaryl/α,β-unsaturated/α-hetero) is 1. The Morgan fingerprint density at radius 2 is 1.76 bits per heavy atom. The Balaban J connectivity index is 1.71. The second-order valence-electron chi connectivity index (χ2n) is 9.87. The van der Waals surface area contributed by atoms with Crippen molar-refractivity contribution in [1.82, 2.24) is 5.32 Å². The first-order valence-corrected chi connectivity index (χ1v) is 13.0. The summed E-state index contributed by atoms with van der Waals surface area (Å²) < 4.78 is 5.25. The number of ketones is 1. The van der Waals surface area contributed by atoms with Crippen molar-refractivity contribution in [2.45, 2.75) is 70.1 Å². The predicted molar refractivity (Wildman–Crippen MR) is 138 cm³/mol. The van der Waals surface area contributed by atoms with Crippen molar-refractivity contribution in [3.05, 3.63) is 71.3 Å². The molecule has 0 saturated heterocycles. The van der Waals surface area contributed by atoms with Crippen LogP contribution in [0.2, 0.25) is 0 Å². The molecule has 3 rings (SSSR count). The largest absolute Gasteiger partial charge is 0.385 e. The van der Waals surface area contributed by atoms with Gasteiger partial charge < -0.3 is 10.1 Å². The summed E-state index contributed by atoms with van der Waals surface area (Å²) in [5, 5.41) is 3.34. The van der Waals surface area contributed by atoms with Crippen LogP contribution in [0.5, 0.6) is 0 Å². The number of hydrogen-bond acceptors (Lipinski definition) is 3. The molecule has 3 heteroatoms. The topological polar surface area (TPSA) is 38.3 Å². The molecule has 0 aromatic heterocycles. The molecule has 2 aromatic rings. The van der Waals surface area contributed by atoms with Crippen molar-refractivity contribution in [3.8, 4) is 0 Å². The quantitative estimate of drug-likeness (QED) is 0.249. The molecule has 180 valence electrons. The van der Waals surface area contributed by atoms with Crippen LogP contribution >= 0.6 is 0 Å². The molecular weight excluding hydrogens is 406 g/mol. The molecule has 0 spiro atoms. The van der Waals surface area contributed by atoms with Crippen molar-refractivity contribution in [2.75, 3.05) is 27.3 Å². The molecule has 0 bridgehead atoms. The second-order valence-corrected chi connectivity index (χ2v) is 9.87. The summed E-state index contributed by atoms with van der Waals surface area (Å²) in [6.45, 7) is 1.72.